The molecule has 0 bridgehead atoms. The van der Waals surface area contributed by atoms with E-state index in [1.54, 1.807) is 29.2 Å². The van der Waals surface area contributed by atoms with Gasteiger partial charge in [-0.05, 0) is 49.9 Å². The molecule has 2 saturated carbocycles. The minimum atomic E-state index is -0.309. The molecule has 1 aromatic carbocycles. The molecule has 2 unspecified atom stereocenters. The van der Waals surface area contributed by atoms with Gasteiger partial charge in [0.15, 0.2) is 0 Å². The second kappa shape index (κ2) is 9.08. The molecular formula is C23H30N4O4. The molecule has 1 saturated heterocycles. The van der Waals surface area contributed by atoms with E-state index in [9.17, 15) is 19.2 Å². The van der Waals surface area contributed by atoms with Crippen LogP contribution in [0.4, 0.5) is 16.2 Å². The highest BCUT2D eigenvalue weighted by atomic mass is 16.2. The van der Waals surface area contributed by atoms with E-state index >= 15 is 0 Å². The van der Waals surface area contributed by atoms with Gasteiger partial charge in [-0.2, -0.15) is 0 Å². The molecule has 0 radical (unpaired) electrons. The van der Waals surface area contributed by atoms with Crippen LogP contribution in [0.3, 0.4) is 0 Å². The molecule has 166 valence electrons. The van der Waals surface area contributed by atoms with Gasteiger partial charge in [-0.25, -0.2) is 4.79 Å². The Morgan fingerprint density at radius 1 is 0.903 bits per heavy atom. The van der Waals surface area contributed by atoms with Crippen LogP contribution < -0.4 is 10.6 Å². The normalized spacial score (nSPS) is 24.2. The lowest BCUT2D eigenvalue weighted by atomic mass is 9.90. The maximum absolute atomic E-state index is 13.3. The summed E-state index contributed by atoms with van der Waals surface area (Å²) in [6.45, 7) is 1.37. The molecule has 1 aromatic rings. The van der Waals surface area contributed by atoms with Crippen LogP contribution >= 0.6 is 0 Å². The monoisotopic (exact) mass is 426 g/mol. The van der Waals surface area contributed by atoms with Crippen molar-refractivity contribution >= 4 is 35.1 Å². The number of hydrogen-bond acceptors (Lipinski definition) is 4. The molecule has 8 nitrogen and oxygen atoms in total. The Labute approximate surface area is 182 Å². The molecule has 5 amide bonds. The molecule has 0 spiro atoms. The number of rotatable bonds is 5. The SMILES string of the molecule is CC(=O)Nc1ccc(NC(=O)CN2C(=O)N(C3CCCCC3)C(=O)C3CCCC32)cc1. The summed E-state index contributed by atoms with van der Waals surface area (Å²) in [6, 6.07) is 6.29. The average molecular weight is 427 g/mol. The van der Waals surface area contributed by atoms with Gasteiger partial charge in [0.1, 0.15) is 6.54 Å². The maximum Gasteiger partial charge on any atom is 0.327 e. The summed E-state index contributed by atoms with van der Waals surface area (Å²) in [5.74, 6) is -0.679. The lowest BCUT2D eigenvalue weighted by molar-refractivity contribution is -0.141. The maximum atomic E-state index is 13.3. The zero-order valence-corrected chi connectivity index (χ0v) is 17.9. The highest BCUT2D eigenvalue weighted by molar-refractivity contribution is 6.02. The molecule has 3 aliphatic rings. The number of fused-ring (bicyclic) bond motifs is 1. The Hall–Kier alpha value is -2.90. The molecule has 1 heterocycles. The zero-order chi connectivity index (χ0) is 22.0. The van der Waals surface area contributed by atoms with Crippen molar-refractivity contribution in [2.45, 2.75) is 70.4 Å². The van der Waals surface area contributed by atoms with E-state index in [4.69, 9.17) is 0 Å². The minimum Gasteiger partial charge on any atom is -0.326 e. The number of nitrogens with zero attached hydrogens (tertiary/aromatic N) is 2. The third-order valence-corrected chi connectivity index (χ3v) is 6.63. The molecule has 3 fully saturated rings. The number of nitrogens with one attached hydrogen (secondary N) is 2. The van der Waals surface area contributed by atoms with E-state index in [0.29, 0.717) is 11.4 Å². The van der Waals surface area contributed by atoms with Gasteiger partial charge in [0.05, 0.1) is 5.92 Å². The molecule has 0 aromatic heterocycles. The number of carbonyl (C=O) groups excluding carboxylic acids is 4. The van der Waals surface area contributed by atoms with E-state index in [-0.39, 0.29) is 48.3 Å². The Kier molecular flexibility index (Phi) is 6.25. The Morgan fingerprint density at radius 3 is 2.19 bits per heavy atom. The highest BCUT2D eigenvalue weighted by Gasteiger charge is 2.50. The predicted molar refractivity (Wildman–Crippen MR) is 116 cm³/mol. The molecule has 31 heavy (non-hydrogen) atoms. The summed E-state index contributed by atoms with van der Waals surface area (Å²) in [4.78, 5) is 53.4. The quantitative estimate of drug-likeness (QED) is 0.754. The summed E-state index contributed by atoms with van der Waals surface area (Å²) < 4.78 is 0. The third kappa shape index (κ3) is 4.57. The van der Waals surface area contributed by atoms with Gasteiger partial charge in [-0.1, -0.05) is 25.7 Å². The van der Waals surface area contributed by atoms with Crippen molar-refractivity contribution in [3.63, 3.8) is 0 Å². The van der Waals surface area contributed by atoms with Crippen molar-refractivity contribution < 1.29 is 19.2 Å². The van der Waals surface area contributed by atoms with E-state index in [1.807, 2.05) is 0 Å². The number of imide groups is 1. The minimum absolute atomic E-state index is 0.0374. The molecular weight excluding hydrogens is 396 g/mol. The lowest BCUT2D eigenvalue weighted by Gasteiger charge is -2.45. The lowest BCUT2D eigenvalue weighted by Crippen LogP contribution is -2.64. The predicted octanol–water partition coefficient (Wildman–Crippen LogP) is 3.35. The van der Waals surface area contributed by atoms with E-state index in [0.717, 1.165) is 51.4 Å². The first-order valence-corrected chi connectivity index (χ1v) is 11.2. The zero-order valence-electron chi connectivity index (χ0n) is 17.9. The van der Waals surface area contributed by atoms with Crippen molar-refractivity contribution in [3.8, 4) is 0 Å². The van der Waals surface area contributed by atoms with Crippen LogP contribution in [0.15, 0.2) is 24.3 Å². The first-order chi connectivity index (χ1) is 14.9. The van der Waals surface area contributed by atoms with Crippen LogP contribution in [-0.2, 0) is 14.4 Å². The molecule has 1 aliphatic heterocycles. The molecule has 2 atom stereocenters. The topological polar surface area (TPSA) is 98.8 Å². The average Bonchev–Trinajstić information content (AvgIpc) is 3.23. The van der Waals surface area contributed by atoms with Crippen LogP contribution in [-0.4, -0.2) is 52.2 Å². The number of urea groups is 1. The van der Waals surface area contributed by atoms with E-state index in [2.05, 4.69) is 10.6 Å². The summed E-state index contributed by atoms with van der Waals surface area (Å²) >= 11 is 0. The largest absolute Gasteiger partial charge is 0.327 e. The number of anilines is 2. The van der Waals surface area contributed by atoms with Crippen molar-refractivity contribution in [1.29, 1.82) is 0 Å². The van der Waals surface area contributed by atoms with Gasteiger partial charge >= 0.3 is 6.03 Å². The second-order valence-corrected chi connectivity index (χ2v) is 8.82. The fourth-order valence-corrected chi connectivity index (χ4v) is 5.21. The summed E-state index contributed by atoms with van der Waals surface area (Å²) in [7, 11) is 0. The molecule has 8 heteroatoms. The number of hydrogen-bond donors (Lipinski definition) is 2. The van der Waals surface area contributed by atoms with Crippen molar-refractivity contribution in [2.75, 3.05) is 17.2 Å². The van der Waals surface area contributed by atoms with Crippen LogP contribution in [0.25, 0.3) is 0 Å². The van der Waals surface area contributed by atoms with Crippen LogP contribution in [0.1, 0.15) is 58.3 Å². The van der Waals surface area contributed by atoms with Gasteiger partial charge in [-0.15, -0.1) is 0 Å². The van der Waals surface area contributed by atoms with Gasteiger partial charge < -0.3 is 15.5 Å². The van der Waals surface area contributed by atoms with Crippen LogP contribution in [0, 0.1) is 5.92 Å². The Morgan fingerprint density at radius 2 is 1.55 bits per heavy atom. The smallest absolute Gasteiger partial charge is 0.326 e. The van der Waals surface area contributed by atoms with Gasteiger partial charge in [0.2, 0.25) is 17.7 Å². The summed E-state index contributed by atoms with van der Waals surface area (Å²) in [5.41, 5.74) is 1.24. The summed E-state index contributed by atoms with van der Waals surface area (Å²) in [6.07, 6.45) is 7.37. The number of benzene rings is 1. The van der Waals surface area contributed by atoms with E-state index in [1.165, 1.54) is 11.8 Å². The number of amides is 5. The van der Waals surface area contributed by atoms with Gasteiger partial charge in [0.25, 0.3) is 0 Å². The van der Waals surface area contributed by atoms with Gasteiger partial charge in [-0.3, -0.25) is 19.3 Å². The molecule has 2 aliphatic carbocycles. The standard InChI is InChI=1S/C23H30N4O4/c1-15(28)24-16-10-12-17(13-11-16)25-21(29)14-26-20-9-5-8-19(20)22(30)27(23(26)31)18-6-3-2-4-7-18/h10-13,18-20H,2-9,14H2,1H3,(H,24,28)(H,25,29). The van der Waals surface area contributed by atoms with Crippen molar-refractivity contribution in [1.82, 2.24) is 9.80 Å². The Balaban J connectivity index is 1.45. The first kappa shape index (κ1) is 21.3. The second-order valence-electron chi connectivity index (χ2n) is 8.82. The highest BCUT2D eigenvalue weighted by Crippen LogP contribution is 2.38. The van der Waals surface area contributed by atoms with Crippen LogP contribution in [0.2, 0.25) is 0 Å². The fourth-order valence-electron chi connectivity index (χ4n) is 5.21. The van der Waals surface area contributed by atoms with Crippen molar-refractivity contribution in [3.05, 3.63) is 24.3 Å². The third-order valence-electron chi connectivity index (χ3n) is 6.63. The summed E-state index contributed by atoms with van der Waals surface area (Å²) in [5, 5.41) is 5.51. The van der Waals surface area contributed by atoms with Crippen molar-refractivity contribution in [2.24, 2.45) is 5.92 Å². The van der Waals surface area contributed by atoms with E-state index < -0.39 is 0 Å². The number of carbonyl (C=O) groups is 4. The fraction of sp³-hybridized carbons (Fsp3) is 0.565. The molecule has 2 N–H and O–H groups in total. The van der Waals surface area contributed by atoms with Crippen LogP contribution in [0.5, 0.6) is 0 Å². The molecule has 4 rings (SSSR count). The first-order valence-electron chi connectivity index (χ1n) is 11.2. The Bertz CT molecular complexity index is 863. The van der Waals surface area contributed by atoms with Gasteiger partial charge in [0, 0.05) is 30.4 Å².